The molecule has 1 spiro atoms. The van der Waals surface area contributed by atoms with Crippen molar-refractivity contribution in [1.29, 1.82) is 0 Å². The Bertz CT molecular complexity index is 111. The molecule has 7 heavy (non-hydrogen) atoms. The Morgan fingerprint density at radius 3 is 2.00 bits per heavy atom. The first-order chi connectivity index (χ1) is 3.41. The summed E-state index contributed by atoms with van der Waals surface area (Å²) in [5, 5.41) is 0. The van der Waals surface area contributed by atoms with Gasteiger partial charge in [-0.2, -0.15) is 0 Å². The SMILES string of the molecule is C1=C[P+]2(C1)CCC2. The van der Waals surface area contributed by atoms with Crippen LogP contribution < -0.4 is 0 Å². The third-order valence-electron chi connectivity index (χ3n) is 2.10. The van der Waals surface area contributed by atoms with Gasteiger partial charge in [0.25, 0.3) is 0 Å². The molecule has 2 aliphatic heterocycles. The Hall–Kier alpha value is 0.170. The molecule has 0 N–H and O–H groups in total. The molecular weight excluding hydrogens is 103 g/mol. The Labute approximate surface area is 44.9 Å². The predicted molar refractivity (Wildman–Crippen MR) is 35.3 cm³/mol. The molecule has 1 heteroatoms. The summed E-state index contributed by atoms with van der Waals surface area (Å²) in [6.45, 7) is 0. The largest absolute Gasteiger partial charge is 0.0849 e. The maximum Gasteiger partial charge on any atom is 0.0849 e. The van der Waals surface area contributed by atoms with Crippen molar-refractivity contribution in [3.05, 3.63) is 11.9 Å². The lowest BCUT2D eigenvalue weighted by Gasteiger charge is -2.35. The van der Waals surface area contributed by atoms with Gasteiger partial charge in [-0.25, -0.2) is 0 Å². The Morgan fingerprint density at radius 2 is 2.00 bits per heavy atom. The standard InChI is InChI=1S/C6H10P/c1-3-7(4-1)5-2-6-7/h1,3H,2,4-6H2/q+1. The van der Waals surface area contributed by atoms with Crippen molar-refractivity contribution in [2.24, 2.45) is 0 Å². The monoisotopic (exact) mass is 113 g/mol. The predicted octanol–water partition coefficient (Wildman–Crippen LogP) is 1.93. The fourth-order valence-electron chi connectivity index (χ4n) is 1.30. The van der Waals surface area contributed by atoms with E-state index in [9.17, 15) is 0 Å². The summed E-state index contributed by atoms with van der Waals surface area (Å²) in [5.41, 5.74) is 0. The van der Waals surface area contributed by atoms with Crippen LogP contribution in [0.3, 0.4) is 0 Å². The van der Waals surface area contributed by atoms with E-state index in [1.165, 1.54) is 12.6 Å². The third kappa shape index (κ3) is 0.410. The van der Waals surface area contributed by atoms with Crippen molar-refractivity contribution in [2.45, 2.75) is 6.42 Å². The van der Waals surface area contributed by atoms with Gasteiger partial charge in [-0.1, -0.05) is 0 Å². The van der Waals surface area contributed by atoms with Gasteiger partial charge in [0, 0.05) is 13.7 Å². The molecule has 0 nitrogen and oxygen atoms in total. The summed E-state index contributed by atoms with van der Waals surface area (Å²) >= 11 is 0. The lowest BCUT2D eigenvalue weighted by molar-refractivity contribution is 0.992. The molecule has 0 saturated carbocycles. The van der Waals surface area contributed by atoms with Gasteiger partial charge in [-0.05, 0) is 6.08 Å². The maximum absolute atomic E-state index is 2.50. The van der Waals surface area contributed by atoms with Crippen molar-refractivity contribution in [2.75, 3.05) is 18.5 Å². The molecule has 0 atom stereocenters. The van der Waals surface area contributed by atoms with E-state index in [0.29, 0.717) is 0 Å². The topological polar surface area (TPSA) is 0 Å². The summed E-state index contributed by atoms with van der Waals surface area (Å²) in [7, 11) is -0.224. The smallest absolute Gasteiger partial charge is 0.0123 e. The molecular formula is C6H10P+. The summed E-state index contributed by atoms with van der Waals surface area (Å²) in [4.78, 5) is 0. The summed E-state index contributed by atoms with van der Waals surface area (Å²) < 4.78 is 0. The average Bonchev–Trinajstić information content (AvgIpc) is 1.20. The van der Waals surface area contributed by atoms with Crippen LogP contribution in [0.1, 0.15) is 6.42 Å². The molecule has 0 aromatic rings. The summed E-state index contributed by atoms with van der Waals surface area (Å²) in [6.07, 6.45) is 8.53. The van der Waals surface area contributed by atoms with Gasteiger partial charge < -0.3 is 0 Å². The summed E-state index contributed by atoms with van der Waals surface area (Å²) in [6, 6.07) is 0. The second-order valence-corrected chi connectivity index (χ2v) is 6.58. The number of hydrogen-bond donors (Lipinski definition) is 0. The van der Waals surface area contributed by atoms with Crippen molar-refractivity contribution in [3.63, 3.8) is 0 Å². The molecule has 2 heterocycles. The van der Waals surface area contributed by atoms with Crippen LogP contribution >= 0.6 is 7.26 Å². The molecule has 0 aliphatic carbocycles. The van der Waals surface area contributed by atoms with Crippen molar-refractivity contribution >= 4 is 7.26 Å². The Balaban J connectivity index is 2.15. The van der Waals surface area contributed by atoms with Crippen molar-refractivity contribution in [1.82, 2.24) is 0 Å². The van der Waals surface area contributed by atoms with Gasteiger partial charge in [-0.15, -0.1) is 0 Å². The molecule has 0 aromatic heterocycles. The zero-order chi connectivity index (χ0) is 4.74. The fraction of sp³-hybridized carbons (Fsp3) is 0.667. The molecule has 2 aliphatic rings. The Morgan fingerprint density at radius 1 is 1.29 bits per heavy atom. The van der Waals surface area contributed by atoms with E-state index in [1.807, 2.05) is 0 Å². The first-order valence-electron chi connectivity index (χ1n) is 2.95. The van der Waals surface area contributed by atoms with E-state index in [4.69, 9.17) is 0 Å². The van der Waals surface area contributed by atoms with Gasteiger partial charge in [0.05, 0.1) is 24.3 Å². The first-order valence-corrected chi connectivity index (χ1v) is 5.36. The van der Waals surface area contributed by atoms with Crippen LogP contribution in [-0.2, 0) is 0 Å². The minimum Gasteiger partial charge on any atom is -0.0123 e. The zero-order valence-electron chi connectivity index (χ0n) is 4.43. The minimum atomic E-state index is -0.224. The molecule has 0 amide bonds. The van der Waals surface area contributed by atoms with Crippen molar-refractivity contribution < 1.29 is 0 Å². The van der Waals surface area contributed by atoms with E-state index >= 15 is 0 Å². The lowest BCUT2D eigenvalue weighted by Crippen LogP contribution is -2.20. The normalized spacial score (nSPS) is 32.0. The maximum atomic E-state index is 2.50. The molecule has 1 fully saturated rings. The van der Waals surface area contributed by atoms with Gasteiger partial charge in [0.15, 0.2) is 0 Å². The van der Waals surface area contributed by atoms with E-state index < -0.39 is 0 Å². The van der Waals surface area contributed by atoms with Crippen LogP contribution in [0.4, 0.5) is 0 Å². The van der Waals surface area contributed by atoms with Crippen LogP contribution in [-0.4, -0.2) is 18.5 Å². The van der Waals surface area contributed by atoms with E-state index in [0.717, 1.165) is 0 Å². The van der Waals surface area contributed by atoms with E-state index in [-0.39, 0.29) is 7.26 Å². The van der Waals surface area contributed by atoms with Crippen LogP contribution in [0.2, 0.25) is 0 Å². The molecule has 0 bridgehead atoms. The second-order valence-electron chi connectivity index (χ2n) is 2.59. The quantitative estimate of drug-likeness (QED) is 0.421. The third-order valence-corrected chi connectivity index (χ3v) is 6.29. The average molecular weight is 113 g/mol. The van der Waals surface area contributed by atoms with Gasteiger partial charge >= 0.3 is 0 Å². The van der Waals surface area contributed by atoms with E-state index in [2.05, 4.69) is 11.9 Å². The number of hydrogen-bond acceptors (Lipinski definition) is 0. The van der Waals surface area contributed by atoms with Crippen LogP contribution in [0.5, 0.6) is 0 Å². The summed E-state index contributed by atoms with van der Waals surface area (Å²) in [5.74, 6) is 2.50. The zero-order valence-corrected chi connectivity index (χ0v) is 5.32. The molecule has 2 rings (SSSR count). The highest BCUT2D eigenvalue weighted by molar-refractivity contribution is 7.81. The van der Waals surface area contributed by atoms with Crippen LogP contribution in [0.15, 0.2) is 11.9 Å². The minimum absolute atomic E-state index is 0.224. The van der Waals surface area contributed by atoms with Gasteiger partial charge in [0.1, 0.15) is 0 Å². The van der Waals surface area contributed by atoms with Crippen molar-refractivity contribution in [3.8, 4) is 0 Å². The molecule has 38 valence electrons. The fourth-order valence-corrected chi connectivity index (χ4v) is 3.90. The van der Waals surface area contributed by atoms with Gasteiger partial charge in [-0.3, -0.25) is 0 Å². The van der Waals surface area contributed by atoms with Crippen LogP contribution in [0, 0.1) is 0 Å². The highest BCUT2D eigenvalue weighted by Crippen LogP contribution is 2.72. The van der Waals surface area contributed by atoms with E-state index in [1.54, 1.807) is 12.3 Å². The second kappa shape index (κ2) is 1.11. The van der Waals surface area contributed by atoms with Crippen LogP contribution in [0.25, 0.3) is 0 Å². The lowest BCUT2D eigenvalue weighted by atomic mass is 10.5. The molecule has 0 unspecified atom stereocenters. The number of rotatable bonds is 0. The molecule has 0 aromatic carbocycles. The highest BCUT2D eigenvalue weighted by Gasteiger charge is 2.45. The van der Waals surface area contributed by atoms with Gasteiger partial charge in [0.2, 0.25) is 0 Å². The Kier molecular flexibility index (Phi) is 0.650. The molecule has 1 saturated heterocycles. The molecule has 0 radical (unpaired) electrons. The first kappa shape index (κ1) is 4.09. The highest BCUT2D eigenvalue weighted by atomic mass is 31.2. The number of allylic oxidation sites excluding steroid dienone is 1.